The van der Waals surface area contributed by atoms with Crippen molar-refractivity contribution in [2.45, 2.75) is 32.2 Å². The Bertz CT molecular complexity index is 733. The zero-order valence-electron chi connectivity index (χ0n) is 13.3. The maximum Gasteiger partial charge on any atom is 0.250 e. The Hall–Kier alpha value is -2.43. The Labute approximate surface area is 135 Å². The molecule has 0 atom stereocenters. The second kappa shape index (κ2) is 6.36. The number of aryl methyl sites for hydroxylation is 2. The SMILES string of the molecule is C=CC(=O)N(Cc1c2c(nn1C)CCCC2)c1ccc(F)cc1. The summed E-state index contributed by atoms with van der Waals surface area (Å²) in [7, 11) is 1.91. The summed E-state index contributed by atoms with van der Waals surface area (Å²) in [5, 5.41) is 4.59. The minimum atomic E-state index is -0.322. The maximum atomic E-state index is 13.2. The van der Waals surface area contributed by atoms with E-state index in [1.807, 2.05) is 11.7 Å². The van der Waals surface area contributed by atoms with Gasteiger partial charge in [-0.15, -0.1) is 0 Å². The topological polar surface area (TPSA) is 38.1 Å². The van der Waals surface area contributed by atoms with Crippen LogP contribution in [-0.2, 0) is 31.2 Å². The highest BCUT2D eigenvalue weighted by Gasteiger charge is 2.23. The fourth-order valence-corrected chi connectivity index (χ4v) is 3.12. The number of aromatic nitrogens is 2. The van der Waals surface area contributed by atoms with Crippen LogP contribution in [0.2, 0.25) is 0 Å². The Balaban J connectivity index is 1.96. The second-order valence-corrected chi connectivity index (χ2v) is 5.81. The molecule has 5 heteroatoms. The van der Waals surface area contributed by atoms with Crippen LogP contribution in [0.4, 0.5) is 10.1 Å². The quantitative estimate of drug-likeness (QED) is 0.813. The smallest absolute Gasteiger partial charge is 0.250 e. The average molecular weight is 313 g/mol. The van der Waals surface area contributed by atoms with Gasteiger partial charge >= 0.3 is 0 Å². The zero-order valence-corrected chi connectivity index (χ0v) is 13.3. The molecule has 0 spiro atoms. The van der Waals surface area contributed by atoms with Crippen LogP contribution in [0.5, 0.6) is 0 Å². The second-order valence-electron chi connectivity index (χ2n) is 5.81. The molecule has 1 aliphatic rings. The molecule has 23 heavy (non-hydrogen) atoms. The standard InChI is InChI=1S/C18H20FN3O/c1-3-18(23)22(14-10-8-13(19)9-11-14)12-17-15-6-4-5-7-16(15)20-21(17)2/h3,8-11H,1,4-7,12H2,2H3. The summed E-state index contributed by atoms with van der Waals surface area (Å²) in [6, 6.07) is 5.94. The number of fused-ring (bicyclic) bond motifs is 1. The van der Waals surface area contributed by atoms with Crippen molar-refractivity contribution in [2.24, 2.45) is 7.05 Å². The van der Waals surface area contributed by atoms with Gasteiger partial charge in [0, 0.05) is 12.7 Å². The molecule has 0 bridgehead atoms. The first kappa shape index (κ1) is 15.5. The molecule has 0 saturated carbocycles. The highest BCUT2D eigenvalue weighted by Crippen LogP contribution is 2.26. The van der Waals surface area contributed by atoms with E-state index < -0.39 is 0 Å². The van der Waals surface area contributed by atoms with Crippen LogP contribution in [0.3, 0.4) is 0 Å². The van der Waals surface area contributed by atoms with Crippen LogP contribution in [0.25, 0.3) is 0 Å². The molecule has 1 amide bonds. The molecule has 1 aliphatic carbocycles. The normalized spacial score (nSPS) is 13.5. The maximum absolute atomic E-state index is 13.2. The van der Waals surface area contributed by atoms with E-state index in [2.05, 4.69) is 11.7 Å². The monoisotopic (exact) mass is 313 g/mol. The molecule has 120 valence electrons. The van der Waals surface area contributed by atoms with Crippen LogP contribution in [0.1, 0.15) is 29.8 Å². The van der Waals surface area contributed by atoms with Crippen molar-refractivity contribution in [3.8, 4) is 0 Å². The molecule has 0 unspecified atom stereocenters. The molecular formula is C18H20FN3O. The molecule has 0 saturated heterocycles. The number of amides is 1. The third-order valence-electron chi connectivity index (χ3n) is 4.34. The minimum absolute atomic E-state index is 0.206. The summed E-state index contributed by atoms with van der Waals surface area (Å²) in [4.78, 5) is 13.9. The summed E-state index contributed by atoms with van der Waals surface area (Å²) < 4.78 is 15.0. The van der Waals surface area contributed by atoms with Gasteiger partial charge in [0.15, 0.2) is 0 Å². The largest absolute Gasteiger partial charge is 0.303 e. The molecule has 0 fully saturated rings. The van der Waals surface area contributed by atoms with Crippen molar-refractivity contribution in [2.75, 3.05) is 4.90 Å². The van der Waals surface area contributed by atoms with E-state index in [0.29, 0.717) is 12.2 Å². The first-order valence-electron chi connectivity index (χ1n) is 7.83. The third kappa shape index (κ3) is 3.04. The molecule has 1 aromatic carbocycles. The Morgan fingerprint density at radius 3 is 2.74 bits per heavy atom. The van der Waals surface area contributed by atoms with E-state index >= 15 is 0 Å². The summed E-state index contributed by atoms with van der Waals surface area (Å²) in [6.45, 7) is 3.99. The number of hydrogen-bond acceptors (Lipinski definition) is 2. The summed E-state index contributed by atoms with van der Waals surface area (Å²) in [6.07, 6.45) is 5.59. The van der Waals surface area contributed by atoms with Gasteiger partial charge in [0.05, 0.1) is 17.9 Å². The molecule has 1 heterocycles. The van der Waals surface area contributed by atoms with Gasteiger partial charge in [0.25, 0.3) is 5.91 Å². The molecule has 0 aliphatic heterocycles. The van der Waals surface area contributed by atoms with Crippen molar-refractivity contribution in [1.82, 2.24) is 9.78 Å². The van der Waals surface area contributed by atoms with Crippen molar-refractivity contribution in [3.05, 3.63) is 59.7 Å². The predicted octanol–water partition coefficient (Wildman–Crippen LogP) is 3.16. The number of anilines is 1. The van der Waals surface area contributed by atoms with Crippen molar-refractivity contribution >= 4 is 11.6 Å². The van der Waals surface area contributed by atoms with Crippen molar-refractivity contribution in [3.63, 3.8) is 0 Å². The van der Waals surface area contributed by atoms with Gasteiger partial charge in [-0.2, -0.15) is 5.10 Å². The van der Waals surface area contributed by atoms with E-state index in [1.54, 1.807) is 17.0 Å². The van der Waals surface area contributed by atoms with Gasteiger partial charge in [-0.05, 0) is 61.6 Å². The van der Waals surface area contributed by atoms with E-state index in [0.717, 1.165) is 37.1 Å². The molecule has 1 aromatic heterocycles. The molecule has 0 radical (unpaired) electrons. The fraction of sp³-hybridized carbons (Fsp3) is 0.333. The Kier molecular flexibility index (Phi) is 4.28. The Morgan fingerprint density at radius 1 is 1.35 bits per heavy atom. The van der Waals surface area contributed by atoms with E-state index in [9.17, 15) is 9.18 Å². The summed E-state index contributed by atoms with van der Waals surface area (Å²) in [5.41, 5.74) is 4.09. The van der Waals surface area contributed by atoms with Gasteiger partial charge in [-0.3, -0.25) is 9.48 Å². The van der Waals surface area contributed by atoms with Crippen LogP contribution < -0.4 is 4.90 Å². The molecule has 3 rings (SSSR count). The van der Waals surface area contributed by atoms with Gasteiger partial charge < -0.3 is 4.90 Å². The molecular weight excluding hydrogens is 293 g/mol. The third-order valence-corrected chi connectivity index (χ3v) is 4.34. The predicted molar refractivity (Wildman–Crippen MR) is 87.6 cm³/mol. The van der Waals surface area contributed by atoms with Crippen molar-refractivity contribution < 1.29 is 9.18 Å². The van der Waals surface area contributed by atoms with Crippen LogP contribution in [-0.4, -0.2) is 15.7 Å². The Morgan fingerprint density at radius 2 is 2.04 bits per heavy atom. The number of nitrogens with zero attached hydrogens (tertiary/aromatic N) is 3. The lowest BCUT2D eigenvalue weighted by atomic mass is 9.95. The number of benzene rings is 1. The van der Waals surface area contributed by atoms with Gasteiger partial charge in [-0.25, -0.2) is 4.39 Å². The first-order valence-corrected chi connectivity index (χ1v) is 7.83. The first-order chi connectivity index (χ1) is 11.1. The lowest BCUT2D eigenvalue weighted by Gasteiger charge is -2.23. The van der Waals surface area contributed by atoms with Gasteiger partial charge in [0.2, 0.25) is 0 Å². The summed E-state index contributed by atoms with van der Waals surface area (Å²) in [5.74, 6) is -0.528. The molecule has 0 N–H and O–H groups in total. The number of halogens is 1. The molecule has 4 nitrogen and oxygen atoms in total. The van der Waals surface area contributed by atoms with Crippen LogP contribution >= 0.6 is 0 Å². The zero-order chi connectivity index (χ0) is 16.4. The molecule has 2 aromatic rings. The number of rotatable bonds is 4. The fourth-order valence-electron chi connectivity index (χ4n) is 3.12. The number of hydrogen-bond donors (Lipinski definition) is 0. The minimum Gasteiger partial charge on any atom is -0.303 e. The van der Waals surface area contributed by atoms with Crippen LogP contribution in [0.15, 0.2) is 36.9 Å². The number of carbonyl (C=O) groups is 1. The van der Waals surface area contributed by atoms with Gasteiger partial charge in [0.1, 0.15) is 5.82 Å². The van der Waals surface area contributed by atoms with E-state index in [4.69, 9.17) is 0 Å². The lowest BCUT2D eigenvalue weighted by Crippen LogP contribution is -2.30. The highest BCUT2D eigenvalue weighted by atomic mass is 19.1. The number of carbonyl (C=O) groups excluding carboxylic acids is 1. The van der Waals surface area contributed by atoms with E-state index in [-0.39, 0.29) is 11.7 Å². The highest BCUT2D eigenvalue weighted by molar-refractivity contribution is 6.00. The lowest BCUT2D eigenvalue weighted by molar-refractivity contribution is -0.114. The van der Waals surface area contributed by atoms with Gasteiger partial charge in [-0.1, -0.05) is 6.58 Å². The van der Waals surface area contributed by atoms with E-state index in [1.165, 1.54) is 23.8 Å². The van der Waals surface area contributed by atoms with Crippen LogP contribution in [0, 0.1) is 5.82 Å². The van der Waals surface area contributed by atoms with Crippen molar-refractivity contribution in [1.29, 1.82) is 0 Å². The summed E-state index contributed by atoms with van der Waals surface area (Å²) >= 11 is 0. The average Bonchev–Trinajstić information content (AvgIpc) is 2.88.